The van der Waals surface area contributed by atoms with Crippen LogP contribution in [0.4, 0.5) is 17.6 Å². The zero-order valence-electron chi connectivity index (χ0n) is 17.0. The van der Waals surface area contributed by atoms with Crippen molar-refractivity contribution in [3.8, 4) is 5.75 Å². The van der Waals surface area contributed by atoms with Crippen LogP contribution in [-0.2, 0) is 23.9 Å². The van der Waals surface area contributed by atoms with Gasteiger partial charge in [0.25, 0.3) is 5.91 Å². The number of fused-ring (bicyclic) bond motifs is 2. The lowest BCUT2D eigenvalue weighted by Gasteiger charge is -2.32. The molecule has 2 fully saturated rings. The van der Waals surface area contributed by atoms with Crippen molar-refractivity contribution in [3.05, 3.63) is 64.5 Å². The third kappa shape index (κ3) is 3.30. The number of piperidine rings is 1. The monoisotopic (exact) mass is 448 g/mol. The highest BCUT2D eigenvalue weighted by molar-refractivity contribution is 5.96. The maximum Gasteiger partial charge on any atom is 0.416 e. The van der Waals surface area contributed by atoms with E-state index in [-0.39, 0.29) is 36.2 Å². The molecule has 1 N–H and O–H groups in total. The highest BCUT2D eigenvalue weighted by Crippen LogP contribution is 2.59. The SMILES string of the molecule is O=C(c1ccc(O)cc1F)N1C[C@H]2C[C@@]2(C(=O)N2CCc3cc(C(F)(F)F)ccc3C2)C1. The van der Waals surface area contributed by atoms with Gasteiger partial charge in [-0.1, -0.05) is 6.07 Å². The van der Waals surface area contributed by atoms with Crippen molar-refractivity contribution in [2.24, 2.45) is 11.3 Å². The molecular weight excluding hydrogens is 428 g/mol. The number of rotatable bonds is 2. The highest BCUT2D eigenvalue weighted by Gasteiger charge is 2.66. The molecule has 2 atom stereocenters. The number of carbonyl (C=O) groups excluding carboxylic acids is 2. The van der Waals surface area contributed by atoms with Gasteiger partial charge in [0, 0.05) is 32.2 Å². The van der Waals surface area contributed by atoms with Gasteiger partial charge in [-0.25, -0.2) is 4.39 Å². The lowest BCUT2D eigenvalue weighted by molar-refractivity contribution is -0.139. The second-order valence-corrected chi connectivity index (χ2v) is 8.86. The minimum absolute atomic E-state index is 0.00636. The molecule has 0 unspecified atom stereocenters. The molecule has 0 aromatic heterocycles. The van der Waals surface area contributed by atoms with E-state index in [0.29, 0.717) is 37.1 Å². The van der Waals surface area contributed by atoms with Crippen LogP contribution < -0.4 is 0 Å². The van der Waals surface area contributed by atoms with Gasteiger partial charge >= 0.3 is 6.18 Å². The molecule has 5 nitrogen and oxygen atoms in total. The van der Waals surface area contributed by atoms with Crippen molar-refractivity contribution >= 4 is 11.8 Å². The third-order valence-corrected chi connectivity index (χ3v) is 6.88. The number of likely N-dealkylation sites (tertiary alicyclic amines) is 1. The van der Waals surface area contributed by atoms with E-state index >= 15 is 0 Å². The van der Waals surface area contributed by atoms with E-state index in [1.54, 1.807) is 4.90 Å². The number of alkyl halides is 3. The predicted molar refractivity (Wildman–Crippen MR) is 105 cm³/mol. The number of hydrogen-bond donors (Lipinski definition) is 1. The first-order chi connectivity index (χ1) is 15.1. The molecule has 2 amide bonds. The quantitative estimate of drug-likeness (QED) is 0.715. The van der Waals surface area contributed by atoms with Crippen molar-refractivity contribution in [1.82, 2.24) is 9.80 Å². The molecule has 2 heterocycles. The normalized spacial score (nSPS) is 24.2. The molecule has 0 bridgehead atoms. The van der Waals surface area contributed by atoms with Crippen LogP contribution in [0.25, 0.3) is 0 Å². The summed E-state index contributed by atoms with van der Waals surface area (Å²) in [6.45, 7) is 1.10. The average molecular weight is 448 g/mol. The predicted octanol–water partition coefficient (Wildman–Crippen LogP) is 3.60. The molecule has 1 aliphatic carbocycles. The number of phenols is 1. The fourth-order valence-electron chi connectivity index (χ4n) is 5.03. The van der Waals surface area contributed by atoms with Gasteiger partial charge in [0.1, 0.15) is 11.6 Å². The van der Waals surface area contributed by atoms with Crippen LogP contribution in [0.2, 0.25) is 0 Å². The third-order valence-electron chi connectivity index (χ3n) is 6.88. The van der Waals surface area contributed by atoms with Crippen LogP contribution >= 0.6 is 0 Å². The fraction of sp³-hybridized carbons (Fsp3) is 0.391. The largest absolute Gasteiger partial charge is 0.508 e. The molecular formula is C23H20F4N2O3. The van der Waals surface area contributed by atoms with Gasteiger partial charge in [-0.05, 0) is 54.2 Å². The summed E-state index contributed by atoms with van der Waals surface area (Å²) in [5.74, 6) is -1.72. The topological polar surface area (TPSA) is 60.9 Å². The Hall–Kier alpha value is -3.10. The Kier molecular flexibility index (Phi) is 4.51. The first-order valence-electron chi connectivity index (χ1n) is 10.3. The second kappa shape index (κ2) is 6.95. The summed E-state index contributed by atoms with van der Waals surface area (Å²) in [5.41, 5.74) is -0.252. The van der Waals surface area contributed by atoms with Crippen LogP contribution in [-0.4, -0.2) is 46.4 Å². The molecule has 168 valence electrons. The van der Waals surface area contributed by atoms with Crippen LogP contribution in [0.15, 0.2) is 36.4 Å². The molecule has 0 spiro atoms. The van der Waals surface area contributed by atoms with E-state index < -0.39 is 28.9 Å². The summed E-state index contributed by atoms with van der Waals surface area (Å²) < 4.78 is 53.0. The molecule has 32 heavy (non-hydrogen) atoms. The van der Waals surface area contributed by atoms with E-state index in [4.69, 9.17) is 0 Å². The Morgan fingerprint density at radius 2 is 1.84 bits per heavy atom. The summed E-state index contributed by atoms with van der Waals surface area (Å²) in [6.07, 6.45) is -3.42. The molecule has 5 rings (SSSR count). The Labute approximate surface area is 181 Å². The van der Waals surface area contributed by atoms with Gasteiger partial charge in [0.15, 0.2) is 0 Å². The Morgan fingerprint density at radius 3 is 2.56 bits per heavy atom. The molecule has 2 aromatic carbocycles. The van der Waals surface area contributed by atoms with Crippen LogP contribution in [0.5, 0.6) is 5.75 Å². The lowest BCUT2D eigenvalue weighted by atomic mass is 9.95. The van der Waals surface area contributed by atoms with Gasteiger partial charge < -0.3 is 14.9 Å². The number of carbonyl (C=O) groups is 2. The number of phenolic OH excluding ortho intramolecular Hbond substituents is 1. The van der Waals surface area contributed by atoms with E-state index in [1.807, 2.05) is 0 Å². The molecule has 9 heteroatoms. The van der Waals surface area contributed by atoms with Gasteiger partial charge in [-0.3, -0.25) is 9.59 Å². The number of nitrogens with zero attached hydrogens (tertiary/aromatic N) is 2. The van der Waals surface area contributed by atoms with E-state index in [2.05, 4.69) is 0 Å². The number of halogens is 4. The Balaban J connectivity index is 1.29. The van der Waals surface area contributed by atoms with E-state index in [0.717, 1.165) is 18.2 Å². The molecule has 2 aromatic rings. The maximum atomic E-state index is 14.1. The van der Waals surface area contributed by atoms with Crippen molar-refractivity contribution < 1.29 is 32.3 Å². The number of benzene rings is 2. The summed E-state index contributed by atoms with van der Waals surface area (Å²) in [5, 5.41) is 9.35. The molecule has 0 radical (unpaired) electrons. The summed E-state index contributed by atoms with van der Waals surface area (Å²) >= 11 is 0. The van der Waals surface area contributed by atoms with Crippen molar-refractivity contribution in [2.75, 3.05) is 19.6 Å². The minimum atomic E-state index is -4.40. The maximum absolute atomic E-state index is 14.1. The summed E-state index contributed by atoms with van der Waals surface area (Å²) in [4.78, 5) is 29.2. The van der Waals surface area contributed by atoms with Gasteiger partial charge in [0.2, 0.25) is 5.91 Å². The standard InChI is InChI=1S/C23H20F4N2O3/c24-19-8-17(30)3-4-18(19)20(31)29-11-16-9-22(16,12-29)21(32)28-6-5-13-7-15(23(25,26)27)2-1-14(13)10-28/h1-4,7-8,16,30H,5-6,9-12H2/t16-,22-/m1/s1. The summed E-state index contributed by atoms with van der Waals surface area (Å²) in [7, 11) is 0. The van der Waals surface area contributed by atoms with Crippen LogP contribution in [0.3, 0.4) is 0 Å². The zero-order chi connectivity index (χ0) is 22.8. The molecule has 1 saturated carbocycles. The second-order valence-electron chi connectivity index (χ2n) is 8.86. The Bertz CT molecular complexity index is 1130. The number of aromatic hydroxyl groups is 1. The smallest absolute Gasteiger partial charge is 0.416 e. The molecule has 3 aliphatic rings. The van der Waals surface area contributed by atoms with E-state index in [1.165, 1.54) is 23.1 Å². The lowest BCUT2D eigenvalue weighted by Crippen LogP contribution is -2.43. The fourth-order valence-corrected chi connectivity index (χ4v) is 5.03. The molecule has 2 aliphatic heterocycles. The van der Waals surface area contributed by atoms with Crippen LogP contribution in [0.1, 0.15) is 33.5 Å². The molecule has 1 saturated heterocycles. The van der Waals surface area contributed by atoms with Gasteiger partial charge in [0.05, 0.1) is 16.5 Å². The van der Waals surface area contributed by atoms with Gasteiger partial charge in [-0.2, -0.15) is 13.2 Å². The summed E-state index contributed by atoms with van der Waals surface area (Å²) in [6, 6.07) is 6.95. The van der Waals surface area contributed by atoms with Crippen molar-refractivity contribution in [2.45, 2.75) is 25.6 Å². The number of amides is 2. The number of hydrogen-bond acceptors (Lipinski definition) is 3. The van der Waals surface area contributed by atoms with Crippen LogP contribution in [0, 0.1) is 17.2 Å². The highest BCUT2D eigenvalue weighted by atomic mass is 19.4. The zero-order valence-corrected chi connectivity index (χ0v) is 17.0. The van der Waals surface area contributed by atoms with Gasteiger partial charge in [-0.15, -0.1) is 0 Å². The Morgan fingerprint density at radius 1 is 1.06 bits per heavy atom. The van der Waals surface area contributed by atoms with E-state index in [9.17, 15) is 32.3 Å². The first kappa shape index (κ1) is 20.8. The minimum Gasteiger partial charge on any atom is -0.508 e. The van der Waals surface area contributed by atoms with Crippen molar-refractivity contribution in [1.29, 1.82) is 0 Å². The van der Waals surface area contributed by atoms with Crippen molar-refractivity contribution in [3.63, 3.8) is 0 Å². The average Bonchev–Trinajstić information content (AvgIpc) is 3.32. The first-order valence-corrected chi connectivity index (χ1v) is 10.3.